The molecule has 0 heterocycles. The van der Waals surface area contributed by atoms with Gasteiger partial charge in [0.15, 0.2) is 0 Å². The van der Waals surface area contributed by atoms with E-state index >= 15 is 0 Å². The van der Waals surface area contributed by atoms with E-state index in [2.05, 4.69) is 0 Å². The molecule has 4 heteroatoms. The standard InChI is InChI=1S/C24H24N2O2/c1-25(17-20-11-5-2-6-12-20)23(27)24(28)26(18-21-13-7-3-8-14-21)19-22-15-9-4-10-16-22/h2-16H,17-19H2,1H3. The number of carbonyl (C=O) groups is 2. The maximum atomic E-state index is 13.0. The smallest absolute Gasteiger partial charge is 0.312 e. The summed E-state index contributed by atoms with van der Waals surface area (Å²) in [5.41, 5.74) is 2.97. The zero-order valence-electron chi connectivity index (χ0n) is 16.0. The average Bonchev–Trinajstić information content (AvgIpc) is 2.74. The van der Waals surface area contributed by atoms with Crippen molar-refractivity contribution in [1.29, 1.82) is 0 Å². The van der Waals surface area contributed by atoms with Crippen molar-refractivity contribution in [3.8, 4) is 0 Å². The molecular formula is C24H24N2O2. The Balaban J connectivity index is 1.75. The van der Waals surface area contributed by atoms with Crippen LogP contribution < -0.4 is 0 Å². The van der Waals surface area contributed by atoms with Crippen LogP contribution in [0.15, 0.2) is 91.0 Å². The van der Waals surface area contributed by atoms with Crippen LogP contribution in [0.5, 0.6) is 0 Å². The second kappa shape index (κ2) is 9.51. The van der Waals surface area contributed by atoms with Gasteiger partial charge in [-0.15, -0.1) is 0 Å². The molecule has 0 aliphatic rings. The predicted molar refractivity (Wildman–Crippen MR) is 110 cm³/mol. The van der Waals surface area contributed by atoms with Crippen LogP contribution in [0.3, 0.4) is 0 Å². The van der Waals surface area contributed by atoms with Gasteiger partial charge in [-0.05, 0) is 16.7 Å². The zero-order chi connectivity index (χ0) is 19.8. The molecule has 0 saturated heterocycles. The van der Waals surface area contributed by atoms with E-state index < -0.39 is 11.8 Å². The molecule has 0 unspecified atom stereocenters. The van der Waals surface area contributed by atoms with Crippen molar-refractivity contribution in [2.75, 3.05) is 7.05 Å². The van der Waals surface area contributed by atoms with Crippen molar-refractivity contribution >= 4 is 11.8 Å². The first-order valence-corrected chi connectivity index (χ1v) is 9.29. The molecule has 0 fully saturated rings. The summed E-state index contributed by atoms with van der Waals surface area (Å²) in [6.07, 6.45) is 0. The third-order valence-corrected chi connectivity index (χ3v) is 4.51. The molecular weight excluding hydrogens is 348 g/mol. The molecule has 142 valence electrons. The molecule has 0 aromatic heterocycles. The molecule has 0 aliphatic heterocycles. The Bertz CT molecular complexity index is 854. The topological polar surface area (TPSA) is 40.6 Å². The van der Waals surface area contributed by atoms with Crippen LogP contribution >= 0.6 is 0 Å². The van der Waals surface area contributed by atoms with Gasteiger partial charge in [-0.1, -0.05) is 91.0 Å². The van der Waals surface area contributed by atoms with Crippen molar-refractivity contribution < 1.29 is 9.59 Å². The summed E-state index contributed by atoms with van der Waals surface area (Å²) in [7, 11) is 1.66. The number of hydrogen-bond acceptors (Lipinski definition) is 2. The van der Waals surface area contributed by atoms with Crippen LogP contribution in [0.4, 0.5) is 0 Å². The molecule has 0 bridgehead atoms. The van der Waals surface area contributed by atoms with Crippen molar-refractivity contribution in [3.63, 3.8) is 0 Å². The lowest BCUT2D eigenvalue weighted by Gasteiger charge is -2.25. The summed E-state index contributed by atoms with van der Waals surface area (Å²) in [6, 6.07) is 29.1. The number of likely N-dealkylation sites (N-methyl/N-ethyl adjacent to an activating group) is 1. The SMILES string of the molecule is CN(Cc1ccccc1)C(=O)C(=O)N(Cc1ccccc1)Cc1ccccc1. The first kappa shape index (κ1) is 19.4. The highest BCUT2D eigenvalue weighted by atomic mass is 16.2. The molecule has 0 radical (unpaired) electrons. The number of hydrogen-bond donors (Lipinski definition) is 0. The normalized spacial score (nSPS) is 10.3. The number of rotatable bonds is 6. The molecule has 4 nitrogen and oxygen atoms in total. The van der Waals surface area contributed by atoms with Gasteiger partial charge in [0.2, 0.25) is 0 Å². The lowest BCUT2D eigenvalue weighted by molar-refractivity contribution is -0.152. The molecule has 3 aromatic rings. The third-order valence-electron chi connectivity index (χ3n) is 4.51. The van der Waals surface area contributed by atoms with Crippen LogP contribution in [-0.4, -0.2) is 28.7 Å². The lowest BCUT2D eigenvalue weighted by atomic mass is 10.1. The van der Waals surface area contributed by atoms with E-state index in [9.17, 15) is 9.59 Å². The first-order chi connectivity index (χ1) is 13.6. The minimum absolute atomic E-state index is 0.388. The monoisotopic (exact) mass is 372 g/mol. The highest BCUT2D eigenvalue weighted by molar-refractivity contribution is 6.34. The molecule has 0 atom stereocenters. The Morgan fingerprint density at radius 1 is 0.571 bits per heavy atom. The van der Waals surface area contributed by atoms with Crippen LogP contribution in [0.25, 0.3) is 0 Å². The van der Waals surface area contributed by atoms with E-state index in [1.54, 1.807) is 11.9 Å². The highest BCUT2D eigenvalue weighted by Gasteiger charge is 2.25. The lowest BCUT2D eigenvalue weighted by Crippen LogP contribution is -2.43. The van der Waals surface area contributed by atoms with Crippen LogP contribution in [0.2, 0.25) is 0 Å². The van der Waals surface area contributed by atoms with Gasteiger partial charge in [0.25, 0.3) is 0 Å². The molecule has 0 N–H and O–H groups in total. The van der Waals surface area contributed by atoms with E-state index in [0.29, 0.717) is 19.6 Å². The number of benzene rings is 3. The molecule has 28 heavy (non-hydrogen) atoms. The molecule has 0 aliphatic carbocycles. The Morgan fingerprint density at radius 2 is 0.929 bits per heavy atom. The van der Waals surface area contributed by atoms with Gasteiger partial charge in [0.05, 0.1) is 0 Å². The van der Waals surface area contributed by atoms with Gasteiger partial charge in [0.1, 0.15) is 0 Å². The molecule has 2 amide bonds. The van der Waals surface area contributed by atoms with E-state index in [4.69, 9.17) is 0 Å². The fraction of sp³-hybridized carbons (Fsp3) is 0.167. The Hall–Kier alpha value is -3.40. The summed E-state index contributed by atoms with van der Waals surface area (Å²) < 4.78 is 0. The Labute approximate surface area is 166 Å². The number of amides is 2. The summed E-state index contributed by atoms with van der Waals surface area (Å²) in [5.74, 6) is -0.998. The maximum absolute atomic E-state index is 13.0. The van der Waals surface area contributed by atoms with Gasteiger partial charge in [-0.3, -0.25) is 9.59 Å². The van der Waals surface area contributed by atoms with Crippen LogP contribution in [0, 0.1) is 0 Å². The molecule has 0 spiro atoms. The minimum Gasteiger partial charge on any atom is -0.333 e. The summed E-state index contributed by atoms with van der Waals surface area (Å²) in [4.78, 5) is 28.9. The van der Waals surface area contributed by atoms with Gasteiger partial charge < -0.3 is 9.80 Å². The second-order valence-electron chi connectivity index (χ2n) is 6.78. The van der Waals surface area contributed by atoms with Crippen LogP contribution in [0.1, 0.15) is 16.7 Å². The molecule has 0 saturated carbocycles. The fourth-order valence-corrected chi connectivity index (χ4v) is 3.03. The minimum atomic E-state index is -0.504. The Morgan fingerprint density at radius 3 is 1.32 bits per heavy atom. The van der Waals surface area contributed by atoms with Gasteiger partial charge in [-0.2, -0.15) is 0 Å². The Kier molecular flexibility index (Phi) is 6.58. The van der Waals surface area contributed by atoms with Crippen molar-refractivity contribution in [1.82, 2.24) is 9.80 Å². The number of carbonyl (C=O) groups excluding carboxylic acids is 2. The van der Waals surface area contributed by atoms with Crippen molar-refractivity contribution in [2.24, 2.45) is 0 Å². The average molecular weight is 372 g/mol. The van der Waals surface area contributed by atoms with E-state index in [1.807, 2.05) is 91.0 Å². The largest absolute Gasteiger partial charge is 0.333 e. The second-order valence-corrected chi connectivity index (χ2v) is 6.78. The van der Waals surface area contributed by atoms with Gasteiger partial charge in [-0.25, -0.2) is 0 Å². The fourth-order valence-electron chi connectivity index (χ4n) is 3.03. The summed E-state index contributed by atoms with van der Waals surface area (Å²) in [5, 5.41) is 0. The highest BCUT2D eigenvalue weighted by Crippen LogP contribution is 2.12. The van der Waals surface area contributed by atoms with E-state index in [1.165, 1.54) is 4.90 Å². The van der Waals surface area contributed by atoms with Gasteiger partial charge in [0, 0.05) is 26.7 Å². The van der Waals surface area contributed by atoms with Crippen molar-refractivity contribution in [2.45, 2.75) is 19.6 Å². The summed E-state index contributed by atoms with van der Waals surface area (Å²) in [6.45, 7) is 1.18. The number of nitrogens with zero attached hydrogens (tertiary/aromatic N) is 2. The maximum Gasteiger partial charge on any atom is 0.312 e. The third kappa shape index (κ3) is 5.30. The molecule has 3 rings (SSSR count). The van der Waals surface area contributed by atoms with E-state index in [-0.39, 0.29) is 0 Å². The van der Waals surface area contributed by atoms with Crippen molar-refractivity contribution in [3.05, 3.63) is 108 Å². The quantitative estimate of drug-likeness (QED) is 0.616. The summed E-state index contributed by atoms with van der Waals surface area (Å²) >= 11 is 0. The van der Waals surface area contributed by atoms with Crippen LogP contribution in [-0.2, 0) is 29.2 Å². The van der Waals surface area contributed by atoms with Gasteiger partial charge >= 0.3 is 11.8 Å². The van der Waals surface area contributed by atoms with E-state index in [0.717, 1.165) is 16.7 Å². The molecule has 3 aromatic carbocycles. The predicted octanol–water partition coefficient (Wildman–Crippen LogP) is 3.87. The first-order valence-electron chi connectivity index (χ1n) is 9.29. The zero-order valence-corrected chi connectivity index (χ0v) is 16.0.